The average molecular weight is 197 g/mol. The molecule has 2 atom stereocenters. The van der Waals surface area contributed by atoms with Crippen molar-refractivity contribution in [2.75, 3.05) is 7.05 Å². The summed E-state index contributed by atoms with van der Waals surface area (Å²) in [7, 11) is 1.54. The number of carbonyl (C=O) groups excluding carboxylic acids is 1. The highest BCUT2D eigenvalue weighted by Gasteiger charge is 2.48. The summed E-state index contributed by atoms with van der Waals surface area (Å²) in [4.78, 5) is 23.9. The molecule has 0 aromatic heterocycles. The molecule has 0 aromatic carbocycles. The average Bonchev–Trinajstić information content (AvgIpc) is 2.31. The molecule has 0 radical (unpaired) electrons. The van der Waals surface area contributed by atoms with E-state index in [1.807, 2.05) is 0 Å². The molecule has 2 unspecified atom stereocenters. The number of rotatable bonds is 3. The van der Waals surface area contributed by atoms with Crippen LogP contribution in [0.4, 0.5) is 0 Å². The zero-order chi connectivity index (χ0) is 10.9. The first-order valence-electron chi connectivity index (χ1n) is 4.53. The number of hydrogen-bond donors (Lipinski definition) is 1. The van der Waals surface area contributed by atoms with Gasteiger partial charge in [-0.2, -0.15) is 0 Å². The van der Waals surface area contributed by atoms with E-state index < -0.39 is 17.4 Å². The normalized spacial score (nSPS) is 32.0. The lowest BCUT2D eigenvalue weighted by molar-refractivity contribution is -0.145. The number of carboxylic acid groups (broad SMARTS) is 1. The number of nitrogens with zero attached hydrogens (tertiary/aromatic N) is 1. The standard InChI is InChI=1S/C10H15NO3/c1-4-5-10(2)6-7(8(12)13)11(3)9(10)14/h4,7H,1,5-6H2,2-3H3,(H,12,13). The van der Waals surface area contributed by atoms with Gasteiger partial charge in [0, 0.05) is 7.05 Å². The van der Waals surface area contributed by atoms with Crippen LogP contribution < -0.4 is 0 Å². The lowest BCUT2D eigenvalue weighted by Gasteiger charge is -2.19. The molecule has 1 aliphatic rings. The van der Waals surface area contributed by atoms with E-state index >= 15 is 0 Å². The first-order valence-corrected chi connectivity index (χ1v) is 4.53. The highest BCUT2D eigenvalue weighted by Crippen LogP contribution is 2.38. The minimum absolute atomic E-state index is 0.107. The van der Waals surface area contributed by atoms with Gasteiger partial charge >= 0.3 is 5.97 Å². The Morgan fingerprint density at radius 3 is 2.79 bits per heavy atom. The van der Waals surface area contributed by atoms with Crippen molar-refractivity contribution in [2.45, 2.75) is 25.8 Å². The SMILES string of the molecule is C=CCC1(C)CC(C(=O)O)N(C)C1=O. The zero-order valence-corrected chi connectivity index (χ0v) is 8.49. The second-order valence-electron chi connectivity index (χ2n) is 4.03. The van der Waals surface area contributed by atoms with Crippen molar-refractivity contribution in [3.05, 3.63) is 12.7 Å². The van der Waals surface area contributed by atoms with Crippen LogP contribution in [0.2, 0.25) is 0 Å². The third-order valence-electron chi connectivity index (χ3n) is 2.83. The smallest absolute Gasteiger partial charge is 0.326 e. The molecular weight excluding hydrogens is 182 g/mol. The Balaban J connectivity index is 2.91. The van der Waals surface area contributed by atoms with Gasteiger partial charge in [-0.1, -0.05) is 13.0 Å². The van der Waals surface area contributed by atoms with E-state index in [0.717, 1.165) is 0 Å². The Morgan fingerprint density at radius 2 is 2.43 bits per heavy atom. The Hall–Kier alpha value is -1.32. The number of likely N-dealkylation sites (tertiary alicyclic amines) is 1. The summed E-state index contributed by atoms with van der Waals surface area (Å²) in [5.41, 5.74) is -0.584. The first-order chi connectivity index (χ1) is 6.42. The van der Waals surface area contributed by atoms with Crippen molar-refractivity contribution in [3.8, 4) is 0 Å². The highest BCUT2D eigenvalue weighted by molar-refractivity contribution is 5.91. The number of hydrogen-bond acceptors (Lipinski definition) is 2. The molecule has 1 N–H and O–H groups in total. The third-order valence-corrected chi connectivity index (χ3v) is 2.83. The molecule has 1 fully saturated rings. The Kier molecular flexibility index (Phi) is 2.64. The van der Waals surface area contributed by atoms with Crippen molar-refractivity contribution < 1.29 is 14.7 Å². The van der Waals surface area contributed by atoms with E-state index in [1.54, 1.807) is 13.0 Å². The van der Waals surface area contributed by atoms with Gasteiger partial charge in [0.15, 0.2) is 0 Å². The van der Waals surface area contributed by atoms with Crippen LogP contribution in [0.1, 0.15) is 19.8 Å². The van der Waals surface area contributed by atoms with Gasteiger partial charge in [-0.05, 0) is 12.8 Å². The summed E-state index contributed by atoms with van der Waals surface area (Å²) < 4.78 is 0. The summed E-state index contributed by atoms with van der Waals surface area (Å²) in [5.74, 6) is -1.04. The van der Waals surface area contributed by atoms with E-state index in [2.05, 4.69) is 6.58 Å². The van der Waals surface area contributed by atoms with Crippen LogP contribution in [0.15, 0.2) is 12.7 Å². The number of carboxylic acids is 1. The van der Waals surface area contributed by atoms with Crippen LogP contribution in [0, 0.1) is 5.41 Å². The summed E-state index contributed by atoms with van der Waals surface area (Å²) in [5, 5.41) is 8.88. The van der Waals surface area contributed by atoms with Gasteiger partial charge < -0.3 is 10.0 Å². The van der Waals surface area contributed by atoms with E-state index in [9.17, 15) is 9.59 Å². The second kappa shape index (κ2) is 3.44. The molecule has 1 rings (SSSR count). The monoisotopic (exact) mass is 197 g/mol. The molecule has 0 saturated carbocycles. The summed E-state index contributed by atoms with van der Waals surface area (Å²) in [6, 6.07) is -0.688. The maximum absolute atomic E-state index is 11.7. The van der Waals surface area contributed by atoms with E-state index in [0.29, 0.717) is 12.8 Å². The van der Waals surface area contributed by atoms with Crippen LogP contribution in [0.3, 0.4) is 0 Å². The molecule has 0 aromatic rings. The maximum atomic E-state index is 11.7. The lowest BCUT2D eigenvalue weighted by atomic mass is 9.84. The molecular formula is C10H15NO3. The van der Waals surface area contributed by atoms with E-state index in [4.69, 9.17) is 5.11 Å². The molecule has 1 heterocycles. The third kappa shape index (κ3) is 1.52. The highest BCUT2D eigenvalue weighted by atomic mass is 16.4. The van der Waals surface area contributed by atoms with Gasteiger partial charge in [0.25, 0.3) is 0 Å². The molecule has 1 aliphatic heterocycles. The number of likely N-dealkylation sites (N-methyl/N-ethyl adjacent to an activating group) is 1. The van der Waals surface area contributed by atoms with Crippen LogP contribution in [-0.4, -0.2) is 35.0 Å². The number of amides is 1. The number of allylic oxidation sites excluding steroid dienone is 1. The Morgan fingerprint density at radius 1 is 1.86 bits per heavy atom. The Bertz CT molecular complexity index is 287. The fourth-order valence-electron chi connectivity index (χ4n) is 1.96. The van der Waals surface area contributed by atoms with Crippen LogP contribution in [0.5, 0.6) is 0 Å². The van der Waals surface area contributed by atoms with Crippen molar-refractivity contribution in [1.29, 1.82) is 0 Å². The van der Waals surface area contributed by atoms with Crippen LogP contribution in [0.25, 0.3) is 0 Å². The van der Waals surface area contributed by atoms with Gasteiger partial charge in [-0.3, -0.25) is 4.79 Å². The lowest BCUT2D eigenvalue weighted by Crippen LogP contribution is -2.36. The van der Waals surface area contributed by atoms with E-state index in [-0.39, 0.29) is 5.91 Å². The van der Waals surface area contributed by atoms with E-state index in [1.165, 1.54) is 11.9 Å². The molecule has 4 heteroatoms. The maximum Gasteiger partial charge on any atom is 0.326 e. The summed E-state index contributed by atoms with van der Waals surface area (Å²) in [6.07, 6.45) is 2.56. The van der Waals surface area contributed by atoms with Gasteiger partial charge in [-0.25, -0.2) is 4.79 Å². The molecule has 14 heavy (non-hydrogen) atoms. The second-order valence-corrected chi connectivity index (χ2v) is 4.03. The number of aliphatic carboxylic acids is 1. The van der Waals surface area contributed by atoms with Crippen molar-refractivity contribution in [3.63, 3.8) is 0 Å². The summed E-state index contributed by atoms with van der Waals surface area (Å²) >= 11 is 0. The number of carbonyl (C=O) groups is 2. The van der Waals surface area contributed by atoms with Crippen LogP contribution >= 0.6 is 0 Å². The van der Waals surface area contributed by atoms with Gasteiger partial charge in [0.05, 0.1) is 5.41 Å². The zero-order valence-electron chi connectivity index (χ0n) is 8.49. The largest absolute Gasteiger partial charge is 0.480 e. The summed E-state index contributed by atoms with van der Waals surface area (Å²) in [6.45, 7) is 5.37. The minimum atomic E-state index is -0.936. The fraction of sp³-hybridized carbons (Fsp3) is 0.600. The molecule has 1 amide bonds. The fourth-order valence-corrected chi connectivity index (χ4v) is 1.96. The molecule has 78 valence electrons. The molecule has 1 saturated heterocycles. The molecule has 0 spiro atoms. The van der Waals surface area contributed by atoms with Crippen molar-refractivity contribution in [1.82, 2.24) is 4.90 Å². The Labute approximate surface area is 83.2 Å². The van der Waals surface area contributed by atoms with Gasteiger partial charge in [0.2, 0.25) is 5.91 Å². The first kappa shape index (κ1) is 10.8. The minimum Gasteiger partial charge on any atom is -0.480 e. The predicted molar refractivity (Wildman–Crippen MR) is 51.7 cm³/mol. The molecule has 0 aliphatic carbocycles. The van der Waals surface area contributed by atoms with Crippen molar-refractivity contribution >= 4 is 11.9 Å². The van der Waals surface area contributed by atoms with Crippen LogP contribution in [-0.2, 0) is 9.59 Å². The van der Waals surface area contributed by atoms with Crippen molar-refractivity contribution in [2.24, 2.45) is 5.41 Å². The van der Waals surface area contributed by atoms with Gasteiger partial charge in [0.1, 0.15) is 6.04 Å². The molecule has 0 bridgehead atoms. The van der Waals surface area contributed by atoms with Gasteiger partial charge in [-0.15, -0.1) is 6.58 Å². The molecule has 4 nitrogen and oxygen atoms in total. The predicted octanol–water partition coefficient (Wildman–Crippen LogP) is 0.884. The quantitative estimate of drug-likeness (QED) is 0.683. The topological polar surface area (TPSA) is 57.6 Å².